The molecular formula is C21H22N6O9S. The second-order valence-corrected chi connectivity index (χ2v) is 8.89. The number of tetrazole rings is 1. The molecule has 0 aliphatic carbocycles. The maximum Gasteiger partial charge on any atom is 0.352 e. The van der Waals surface area contributed by atoms with E-state index in [1.165, 1.54) is 36.1 Å². The molecule has 1 unspecified atom stereocenters. The molecule has 2 aliphatic rings. The quantitative estimate of drug-likeness (QED) is 0.148. The number of aryl methyl sites for hydroxylation is 1. The van der Waals surface area contributed by atoms with Gasteiger partial charge < -0.3 is 29.7 Å². The fraction of sp³-hybridized carbons (Fsp3) is 0.381. The molecule has 2 aromatic rings. The number of β-lactam (4-membered cyclic amide) rings is 1. The minimum atomic E-state index is -2.12. The first-order chi connectivity index (χ1) is 17.6. The van der Waals surface area contributed by atoms with Crippen LogP contribution in [0.5, 0.6) is 5.75 Å². The van der Waals surface area contributed by atoms with Crippen molar-refractivity contribution in [1.82, 2.24) is 30.4 Å². The summed E-state index contributed by atoms with van der Waals surface area (Å²) in [6.45, 7) is -0.198. The summed E-state index contributed by atoms with van der Waals surface area (Å²) in [5.41, 5.74) is -2.03. The molecule has 4 rings (SSSR count). The van der Waals surface area contributed by atoms with E-state index in [2.05, 4.69) is 20.8 Å². The number of carboxylic acid groups (broad SMARTS) is 2. The van der Waals surface area contributed by atoms with Gasteiger partial charge in [0, 0.05) is 19.9 Å². The Balaban J connectivity index is 1.57. The third-order valence-corrected chi connectivity index (χ3v) is 6.96. The van der Waals surface area contributed by atoms with Gasteiger partial charge in [0.1, 0.15) is 11.4 Å². The molecule has 3 heterocycles. The van der Waals surface area contributed by atoms with Crippen molar-refractivity contribution in [2.75, 3.05) is 26.6 Å². The molecule has 0 bridgehead atoms. The predicted octanol–water partition coefficient (Wildman–Crippen LogP) is -0.825. The second kappa shape index (κ2) is 10.2. The Morgan fingerprint density at radius 3 is 2.51 bits per heavy atom. The minimum absolute atomic E-state index is 0.108. The topological polar surface area (TPSA) is 195 Å². The molecule has 3 N–H and O–H groups in total. The summed E-state index contributed by atoms with van der Waals surface area (Å²) in [6.07, 6.45) is -1.34. The molecule has 1 aromatic carbocycles. The number of thioether (sulfide) groups is 1. The van der Waals surface area contributed by atoms with Crippen molar-refractivity contribution in [3.05, 3.63) is 41.1 Å². The van der Waals surface area contributed by atoms with Crippen LogP contribution in [0.25, 0.3) is 0 Å². The first kappa shape index (κ1) is 26.1. The van der Waals surface area contributed by atoms with Gasteiger partial charge in [0.15, 0.2) is 12.1 Å². The molecule has 3 atom stereocenters. The summed E-state index contributed by atoms with van der Waals surface area (Å²) in [7, 11) is 4.18. The van der Waals surface area contributed by atoms with Gasteiger partial charge in [0.2, 0.25) is 11.1 Å². The van der Waals surface area contributed by atoms with Gasteiger partial charge in [0.05, 0.1) is 13.7 Å². The van der Waals surface area contributed by atoms with E-state index in [4.69, 9.17) is 14.2 Å². The molecule has 1 saturated heterocycles. The normalized spacial score (nSPS) is 21.6. The smallest absolute Gasteiger partial charge is 0.352 e. The highest BCUT2D eigenvalue weighted by Crippen LogP contribution is 2.41. The summed E-state index contributed by atoms with van der Waals surface area (Å²) in [6, 6.07) is 5.80. The molecule has 1 fully saturated rings. The summed E-state index contributed by atoms with van der Waals surface area (Å²) in [5.74, 6) is -5.95. The van der Waals surface area contributed by atoms with E-state index in [-0.39, 0.29) is 29.2 Å². The van der Waals surface area contributed by atoms with E-state index in [9.17, 15) is 29.4 Å². The number of amides is 2. The van der Waals surface area contributed by atoms with Crippen molar-refractivity contribution in [3.8, 4) is 5.75 Å². The average Bonchev–Trinajstić information content (AvgIpc) is 3.29. The molecule has 0 saturated carbocycles. The van der Waals surface area contributed by atoms with Crippen LogP contribution in [0.1, 0.15) is 11.5 Å². The molecule has 0 spiro atoms. The van der Waals surface area contributed by atoms with Crippen molar-refractivity contribution < 1.29 is 43.6 Å². The summed E-state index contributed by atoms with van der Waals surface area (Å²) >= 11 is 1.15. The summed E-state index contributed by atoms with van der Waals surface area (Å²) < 4.78 is 17.5. The van der Waals surface area contributed by atoms with Gasteiger partial charge in [-0.1, -0.05) is 23.9 Å². The van der Waals surface area contributed by atoms with E-state index in [1.807, 2.05) is 0 Å². The van der Waals surface area contributed by atoms with Gasteiger partial charge in [-0.05, 0) is 33.7 Å². The average molecular weight is 535 g/mol. The van der Waals surface area contributed by atoms with Crippen LogP contribution in [0.4, 0.5) is 0 Å². The third kappa shape index (κ3) is 4.49. The minimum Gasteiger partial charge on any atom is -0.497 e. The number of ether oxygens (including phenoxy) is 3. The number of carboxylic acids is 2. The number of nitrogens with one attached hydrogen (secondary N) is 1. The SMILES string of the molecule is COc1ccc(C(C(=O)O)C(=O)N[C@]2(OC)C(=O)N3C(C(=O)O)=C(CSc4nnnn4C)CO[C@@H]32)cc1. The summed E-state index contributed by atoms with van der Waals surface area (Å²) in [4.78, 5) is 51.3. The Hall–Kier alpha value is -4.02. The number of nitrogens with zero attached hydrogens (tertiary/aromatic N) is 5. The number of fused-ring (bicyclic) bond motifs is 1. The van der Waals surface area contributed by atoms with Gasteiger partial charge in [-0.25, -0.2) is 9.48 Å². The number of carbonyl (C=O) groups is 4. The van der Waals surface area contributed by atoms with Gasteiger partial charge in [0.25, 0.3) is 11.6 Å². The van der Waals surface area contributed by atoms with Crippen LogP contribution in [-0.2, 0) is 35.7 Å². The van der Waals surface area contributed by atoms with Crippen LogP contribution < -0.4 is 10.1 Å². The number of benzene rings is 1. The van der Waals surface area contributed by atoms with Gasteiger partial charge in [-0.2, -0.15) is 0 Å². The van der Waals surface area contributed by atoms with Crippen LogP contribution >= 0.6 is 11.8 Å². The van der Waals surface area contributed by atoms with E-state index in [0.29, 0.717) is 10.9 Å². The zero-order valence-corrected chi connectivity index (χ0v) is 20.6. The lowest BCUT2D eigenvalue weighted by atomic mass is 9.92. The van der Waals surface area contributed by atoms with Crippen molar-refractivity contribution in [2.24, 2.45) is 7.05 Å². The number of carbonyl (C=O) groups excluding carboxylic acids is 2. The van der Waals surface area contributed by atoms with Crippen LogP contribution in [0.3, 0.4) is 0 Å². The first-order valence-corrected chi connectivity index (χ1v) is 11.6. The Morgan fingerprint density at radius 1 is 1.27 bits per heavy atom. The third-order valence-electron chi connectivity index (χ3n) is 5.86. The molecular weight excluding hydrogens is 512 g/mol. The molecule has 15 nitrogen and oxygen atoms in total. The van der Waals surface area contributed by atoms with E-state index < -0.39 is 41.6 Å². The highest BCUT2D eigenvalue weighted by molar-refractivity contribution is 7.99. The van der Waals surface area contributed by atoms with Crippen molar-refractivity contribution in [1.29, 1.82) is 0 Å². The van der Waals surface area contributed by atoms with Gasteiger partial charge in [-0.3, -0.25) is 19.3 Å². The van der Waals surface area contributed by atoms with Gasteiger partial charge in [-0.15, -0.1) is 5.10 Å². The molecule has 1 aromatic heterocycles. The molecule has 0 radical (unpaired) electrons. The van der Waals surface area contributed by atoms with Crippen LogP contribution in [-0.4, -0.2) is 97.6 Å². The largest absolute Gasteiger partial charge is 0.497 e. The number of hydrogen-bond donors (Lipinski definition) is 3. The highest BCUT2D eigenvalue weighted by Gasteiger charge is 2.68. The van der Waals surface area contributed by atoms with Gasteiger partial charge >= 0.3 is 11.9 Å². The zero-order valence-electron chi connectivity index (χ0n) is 19.8. The maximum absolute atomic E-state index is 13.2. The predicted molar refractivity (Wildman–Crippen MR) is 122 cm³/mol. The van der Waals surface area contributed by atoms with Crippen LogP contribution in [0, 0.1) is 0 Å². The Bertz CT molecular complexity index is 1280. The first-order valence-electron chi connectivity index (χ1n) is 10.6. The fourth-order valence-corrected chi connectivity index (χ4v) is 4.85. The maximum atomic E-state index is 13.2. The Morgan fingerprint density at radius 2 is 1.97 bits per heavy atom. The summed E-state index contributed by atoms with van der Waals surface area (Å²) in [5, 5.41) is 33.4. The molecule has 16 heteroatoms. The van der Waals surface area contributed by atoms with E-state index in [1.54, 1.807) is 7.05 Å². The van der Waals surface area contributed by atoms with Crippen LogP contribution in [0.15, 0.2) is 40.7 Å². The second-order valence-electron chi connectivity index (χ2n) is 7.94. The number of aromatic nitrogens is 4. The molecule has 2 amide bonds. The van der Waals surface area contributed by atoms with E-state index >= 15 is 0 Å². The monoisotopic (exact) mass is 534 g/mol. The molecule has 2 aliphatic heterocycles. The lowest BCUT2D eigenvalue weighted by Crippen LogP contribution is -2.82. The standard InChI is InChI=1S/C21H22N6O9S/c1-26-20(23-24-25-26)37-9-11-8-36-19-21(35-3,18(33)27(19)14(11)17(31)32)22-15(28)13(16(29)30)10-4-6-12(34-2)7-5-10/h4-7,13,19H,8-9H2,1-3H3,(H,22,28)(H,29,30)(H,31,32)/t13?,19-,21+/m1/s1. The molecule has 196 valence electrons. The van der Waals surface area contributed by atoms with Crippen LogP contribution in [0.2, 0.25) is 0 Å². The number of rotatable bonds is 10. The van der Waals surface area contributed by atoms with E-state index in [0.717, 1.165) is 23.8 Å². The Kier molecular flexibility index (Phi) is 7.15. The van der Waals surface area contributed by atoms with Crippen molar-refractivity contribution in [3.63, 3.8) is 0 Å². The zero-order chi connectivity index (χ0) is 26.9. The number of hydrogen-bond acceptors (Lipinski definition) is 11. The fourth-order valence-electron chi connectivity index (χ4n) is 4.01. The highest BCUT2D eigenvalue weighted by atomic mass is 32.2. The number of methoxy groups -OCH3 is 2. The Labute approximate surface area is 213 Å². The van der Waals surface area contributed by atoms with Crippen molar-refractivity contribution >= 4 is 35.5 Å². The number of aliphatic carboxylic acids is 2. The lowest BCUT2D eigenvalue weighted by Gasteiger charge is -2.55. The van der Waals surface area contributed by atoms with Crippen molar-refractivity contribution in [2.45, 2.75) is 23.0 Å². The lowest BCUT2D eigenvalue weighted by molar-refractivity contribution is -0.258. The molecule has 37 heavy (non-hydrogen) atoms.